The van der Waals surface area contributed by atoms with Crippen LogP contribution < -0.4 is 10.6 Å². The second-order valence-corrected chi connectivity index (χ2v) is 15.9. The SMILES string of the molecule is C[C@]12CCC(F)(F)C[C@@H]1CC[C@@H]1[C@@H]2CC[C@]2(C)[C@@H](OCCNCc3ccc(-c4[nH]c5cc(F)cc6c5c4CCNC6=O)cc3)CC[C@@H]12. The summed E-state index contributed by atoms with van der Waals surface area (Å²) in [6.07, 6.45) is 8.55. The van der Waals surface area contributed by atoms with E-state index in [1.807, 2.05) is 0 Å². The van der Waals surface area contributed by atoms with Crippen LogP contribution in [0.5, 0.6) is 0 Å². The van der Waals surface area contributed by atoms with Crippen LogP contribution in [0.25, 0.3) is 22.2 Å². The maximum Gasteiger partial charge on any atom is 0.252 e. The molecule has 7 atom stereocenters. The summed E-state index contributed by atoms with van der Waals surface area (Å²) in [5.41, 5.74) is 5.51. The zero-order valence-corrected chi connectivity index (χ0v) is 27.7. The van der Waals surface area contributed by atoms with E-state index in [0.717, 1.165) is 67.4 Å². The Kier molecular flexibility index (Phi) is 7.79. The van der Waals surface area contributed by atoms with E-state index in [0.29, 0.717) is 54.8 Å². The Hall–Kier alpha value is -2.84. The number of rotatable bonds is 7. The normalized spacial score (nSPS) is 34.3. The highest BCUT2D eigenvalue weighted by atomic mass is 19.3. The summed E-state index contributed by atoms with van der Waals surface area (Å²) in [5, 5.41) is 7.26. The predicted molar refractivity (Wildman–Crippen MR) is 178 cm³/mol. The molecule has 4 fully saturated rings. The van der Waals surface area contributed by atoms with Gasteiger partial charge in [0, 0.05) is 49.1 Å². The summed E-state index contributed by atoms with van der Waals surface area (Å²) in [7, 11) is 0. The van der Waals surface area contributed by atoms with Crippen molar-refractivity contribution in [3.05, 3.63) is 58.9 Å². The average Bonchev–Trinajstić information content (AvgIpc) is 3.52. The first-order valence-electron chi connectivity index (χ1n) is 18.0. The van der Waals surface area contributed by atoms with E-state index in [1.165, 1.54) is 24.1 Å². The van der Waals surface area contributed by atoms with Gasteiger partial charge in [-0.1, -0.05) is 38.1 Å². The van der Waals surface area contributed by atoms with Gasteiger partial charge in [-0.3, -0.25) is 4.79 Å². The Labute approximate surface area is 275 Å². The number of hydrogen-bond donors (Lipinski definition) is 3. The average molecular weight is 648 g/mol. The fourth-order valence-corrected chi connectivity index (χ4v) is 11.1. The van der Waals surface area contributed by atoms with Gasteiger partial charge in [0.2, 0.25) is 5.92 Å². The molecule has 3 N–H and O–H groups in total. The summed E-state index contributed by atoms with van der Waals surface area (Å²) in [6, 6.07) is 11.2. The van der Waals surface area contributed by atoms with Crippen molar-refractivity contribution in [2.24, 2.45) is 34.5 Å². The molecule has 1 amide bonds. The van der Waals surface area contributed by atoms with Crippen molar-refractivity contribution in [2.75, 3.05) is 19.7 Å². The number of carbonyl (C=O) groups is 1. The fraction of sp³-hybridized carbons (Fsp3) is 0.615. The molecule has 0 saturated heterocycles. The number of ether oxygens (including phenoxy) is 1. The Morgan fingerprint density at radius 2 is 1.77 bits per heavy atom. The van der Waals surface area contributed by atoms with Crippen LogP contribution in [0.3, 0.4) is 0 Å². The van der Waals surface area contributed by atoms with Gasteiger partial charge in [0.05, 0.1) is 18.3 Å². The molecule has 0 unspecified atom stereocenters. The van der Waals surface area contributed by atoms with Crippen molar-refractivity contribution in [1.29, 1.82) is 0 Å². The molecule has 0 bridgehead atoms. The monoisotopic (exact) mass is 647 g/mol. The first-order valence-corrected chi connectivity index (χ1v) is 18.0. The van der Waals surface area contributed by atoms with E-state index < -0.39 is 11.7 Å². The summed E-state index contributed by atoms with van der Waals surface area (Å²) in [5.74, 6) is -1.04. The van der Waals surface area contributed by atoms with Gasteiger partial charge in [0.1, 0.15) is 5.82 Å². The van der Waals surface area contributed by atoms with E-state index in [1.54, 1.807) is 0 Å². The third kappa shape index (κ3) is 5.33. The number of benzene rings is 2. The minimum Gasteiger partial charge on any atom is -0.376 e. The number of nitrogens with one attached hydrogen (secondary N) is 3. The van der Waals surface area contributed by atoms with Gasteiger partial charge in [-0.05, 0) is 115 Å². The van der Waals surface area contributed by atoms with E-state index in [4.69, 9.17) is 4.74 Å². The third-order valence-corrected chi connectivity index (χ3v) is 13.6. The van der Waals surface area contributed by atoms with E-state index in [9.17, 15) is 18.0 Å². The zero-order valence-electron chi connectivity index (χ0n) is 27.7. The Balaban J connectivity index is 0.855. The number of aromatic amines is 1. The maximum absolute atomic E-state index is 14.3. The predicted octanol–water partition coefficient (Wildman–Crippen LogP) is 8.41. The molecule has 0 radical (unpaired) electrons. The molecule has 4 aliphatic carbocycles. The second-order valence-electron chi connectivity index (χ2n) is 15.9. The molecule has 2 heterocycles. The number of fused-ring (bicyclic) bond motifs is 5. The minimum absolute atomic E-state index is 0.0726. The molecular weight excluding hydrogens is 599 g/mol. The highest BCUT2D eigenvalue weighted by Crippen LogP contribution is 2.67. The van der Waals surface area contributed by atoms with Crippen LogP contribution in [0.2, 0.25) is 0 Å². The number of aromatic nitrogens is 1. The Morgan fingerprint density at radius 3 is 2.60 bits per heavy atom. The molecule has 3 aromatic rings. The second kappa shape index (κ2) is 11.6. The molecule has 0 spiro atoms. The molecular formula is C39H48F3N3O2. The van der Waals surface area contributed by atoms with Gasteiger partial charge in [-0.25, -0.2) is 13.2 Å². The number of H-pyrrole nitrogens is 1. The van der Waals surface area contributed by atoms with Gasteiger partial charge in [-0.2, -0.15) is 0 Å². The molecule has 47 heavy (non-hydrogen) atoms. The van der Waals surface area contributed by atoms with Crippen LogP contribution in [0, 0.1) is 40.3 Å². The van der Waals surface area contributed by atoms with E-state index in [2.05, 4.69) is 53.7 Å². The lowest BCUT2D eigenvalue weighted by molar-refractivity contribution is -0.169. The first-order chi connectivity index (χ1) is 22.6. The summed E-state index contributed by atoms with van der Waals surface area (Å²) in [6.45, 7) is 7.53. The topological polar surface area (TPSA) is 66.2 Å². The van der Waals surface area contributed by atoms with Gasteiger partial charge in [0.15, 0.2) is 0 Å². The summed E-state index contributed by atoms with van der Waals surface area (Å²) < 4.78 is 49.5. The van der Waals surface area contributed by atoms with E-state index in [-0.39, 0.29) is 41.6 Å². The van der Waals surface area contributed by atoms with Gasteiger partial charge < -0.3 is 20.4 Å². The molecule has 1 aromatic heterocycles. The number of hydrogen-bond acceptors (Lipinski definition) is 3. The van der Waals surface area contributed by atoms with Crippen LogP contribution in [0.15, 0.2) is 36.4 Å². The first kappa shape index (κ1) is 31.4. The smallest absolute Gasteiger partial charge is 0.252 e. The van der Waals surface area contributed by atoms with Crippen LogP contribution in [-0.2, 0) is 17.7 Å². The third-order valence-electron chi connectivity index (χ3n) is 13.6. The zero-order chi connectivity index (χ0) is 32.6. The maximum atomic E-state index is 14.3. The van der Waals surface area contributed by atoms with Crippen molar-refractivity contribution in [3.8, 4) is 11.3 Å². The number of halogens is 3. The number of amides is 1. The van der Waals surface area contributed by atoms with Crippen LogP contribution in [0.4, 0.5) is 13.2 Å². The van der Waals surface area contributed by atoms with Crippen LogP contribution in [0.1, 0.15) is 93.1 Å². The Bertz CT molecular complexity index is 1670. The lowest BCUT2D eigenvalue weighted by Crippen LogP contribution is -2.55. The highest BCUT2D eigenvalue weighted by molar-refractivity contribution is 6.10. The van der Waals surface area contributed by atoms with Crippen LogP contribution in [-0.4, -0.2) is 42.6 Å². The van der Waals surface area contributed by atoms with Crippen molar-refractivity contribution in [1.82, 2.24) is 15.6 Å². The molecule has 1 aliphatic heterocycles. The molecule has 8 rings (SSSR count). The van der Waals surface area contributed by atoms with Gasteiger partial charge >= 0.3 is 0 Å². The standard InChI is InChI=1S/C39H48F3N3O2/c1-37-14-15-39(41,42)21-25(37)7-8-27-30-9-10-33(38(30,2)13-11-31(27)37)47-18-17-43-22-23-3-5-24(6-4-23)35-28-12-16-44-36(46)29-19-26(40)20-32(45-35)34(28)29/h3-6,19-20,25,27,30-31,33,43,45H,7-18,21-22H2,1-2H3,(H,44,46)/t25-,27-,30-,31-,33-,37-,38-/m0/s1. The van der Waals surface area contributed by atoms with Crippen LogP contribution >= 0.6 is 0 Å². The van der Waals surface area contributed by atoms with Crippen molar-refractivity contribution < 1.29 is 22.7 Å². The fourth-order valence-electron chi connectivity index (χ4n) is 11.1. The lowest BCUT2D eigenvalue weighted by Gasteiger charge is -2.61. The van der Waals surface area contributed by atoms with Crippen molar-refractivity contribution in [2.45, 2.75) is 96.6 Å². The molecule has 2 aromatic carbocycles. The molecule has 5 aliphatic rings. The van der Waals surface area contributed by atoms with Crippen molar-refractivity contribution in [3.63, 3.8) is 0 Å². The Morgan fingerprint density at radius 1 is 0.957 bits per heavy atom. The largest absolute Gasteiger partial charge is 0.376 e. The molecule has 5 nitrogen and oxygen atoms in total. The summed E-state index contributed by atoms with van der Waals surface area (Å²) >= 11 is 0. The molecule has 4 saturated carbocycles. The molecule has 252 valence electrons. The van der Waals surface area contributed by atoms with Crippen molar-refractivity contribution >= 4 is 16.8 Å². The summed E-state index contributed by atoms with van der Waals surface area (Å²) in [4.78, 5) is 15.9. The van der Waals surface area contributed by atoms with E-state index >= 15 is 0 Å². The lowest BCUT2D eigenvalue weighted by atomic mass is 9.45. The number of carbonyl (C=O) groups excluding carboxylic acids is 1. The number of alkyl halides is 2. The quantitative estimate of drug-likeness (QED) is 0.226. The van der Waals surface area contributed by atoms with Gasteiger partial charge in [0.25, 0.3) is 5.91 Å². The highest BCUT2D eigenvalue weighted by Gasteiger charge is 2.62. The minimum atomic E-state index is -2.47. The molecule has 8 heteroatoms. The van der Waals surface area contributed by atoms with Gasteiger partial charge in [-0.15, -0.1) is 0 Å².